The van der Waals surface area contributed by atoms with Crippen molar-refractivity contribution in [2.45, 2.75) is 12.8 Å². The van der Waals surface area contributed by atoms with Gasteiger partial charge in [0.2, 0.25) is 0 Å². The van der Waals surface area contributed by atoms with Crippen molar-refractivity contribution in [1.82, 2.24) is 5.32 Å². The second-order valence-corrected chi connectivity index (χ2v) is 4.46. The van der Waals surface area contributed by atoms with Crippen LogP contribution in [0.5, 0.6) is 0 Å². The minimum Gasteiger partial charge on any atom is -0.316 e. The molecule has 0 aliphatic rings. The molecule has 1 rings (SSSR count). The Morgan fingerprint density at radius 3 is 2.50 bits per heavy atom. The Labute approximate surface area is 99.0 Å². The van der Waals surface area contributed by atoms with Crippen LogP contribution in [0, 0.1) is 0 Å². The van der Waals surface area contributed by atoms with E-state index in [1.807, 2.05) is 0 Å². The summed E-state index contributed by atoms with van der Waals surface area (Å²) in [6.07, 6.45) is 2.12. The minimum atomic E-state index is 0.741. The molecule has 0 unspecified atom stereocenters. The van der Waals surface area contributed by atoms with E-state index in [4.69, 9.17) is 11.6 Å². The highest BCUT2D eigenvalue weighted by Gasteiger charge is 1.92. The van der Waals surface area contributed by atoms with E-state index >= 15 is 0 Å². The van der Waals surface area contributed by atoms with E-state index in [1.165, 1.54) is 5.56 Å². The molecule has 0 heterocycles. The third-order valence-corrected chi connectivity index (χ3v) is 2.79. The van der Waals surface area contributed by atoms with Crippen LogP contribution >= 0.6 is 27.5 Å². The standard InChI is InChI=1S/C11H15BrClN/c12-11-4-2-10(3-5-11)6-9-14-8-1-7-13/h2-5,14H,1,6-9H2. The number of hydrogen-bond acceptors (Lipinski definition) is 1. The fourth-order valence-corrected chi connectivity index (χ4v) is 1.60. The maximum Gasteiger partial charge on any atom is 0.0235 e. The first-order chi connectivity index (χ1) is 6.83. The summed E-state index contributed by atoms with van der Waals surface area (Å²) < 4.78 is 1.14. The lowest BCUT2D eigenvalue weighted by Crippen LogP contribution is -2.18. The van der Waals surface area contributed by atoms with E-state index < -0.39 is 0 Å². The summed E-state index contributed by atoms with van der Waals surface area (Å²) in [4.78, 5) is 0. The second kappa shape index (κ2) is 7.27. The molecule has 0 saturated carbocycles. The third-order valence-electron chi connectivity index (χ3n) is 1.99. The van der Waals surface area contributed by atoms with Gasteiger partial charge in [0, 0.05) is 10.4 Å². The fraction of sp³-hybridized carbons (Fsp3) is 0.455. The highest BCUT2D eigenvalue weighted by Crippen LogP contribution is 2.10. The van der Waals surface area contributed by atoms with Gasteiger partial charge in [0.15, 0.2) is 0 Å². The zero-order valence-electron chi connectivity index (χ0n) is 8.10. The summed E-state index contributed by atoms with van der Waals surface area (Å²) in [7, 11) is 0. The SMILES string of the molecule is ClCCCNCCc1ccc(Br)cc1. The number of rotatable bonds is 6. The molecule has 0 saturated heterocycles. The molecule has 0 radical (unpaired) electrons. The Kier molecular flexibility index (Phi) is 6.24. The number of benzene rings is 1. The quantitative estimate of drug-likeness (QED) is 0.621. The highest BCUT2D eigenvalue weighted by molar-refractivity contribution is 9.10. The molecule has 0 bridgehead atoms. The predicted octanol–water partition coefficient (Wildman–Crippen LogP) is 3.21. The average molecular weight is 277 g/mol. The molecular weight excluding hydrogens is 261 g/mol. The van der Waals surface area contributed by atoms with E-state index in [0.29, 0.717) is 0 Å². The number of halogens is 2. The average Bonchev–Trinajstić information content (AvgIpc) is 2.21. The van der Waals surface area contributed by atoms with Crippen molar-refractivity contribution in [2.75, 3.05) is 19.0 Å². The molecule has 0 aromatic heterocycles. The lowest BCUT2D eigenvalue weighted by atomic mass is 10.1. The van der Waals surface area contributed by atoms with Crippen molar-refractivity contribution in [3.05, 3.63) is 34.3 Å². The van der Waals surface area contributed by atoms with Gasteiger partial charge in [0.1, 0.15) is 0 Å². The minimum absolute atomic E-state index is 0.741. The highest BCUT2D eigenvalue weighted by atomic mass is 79.9. The Morgan fingerprint density at radius 1 is 1.14 bits per heavy atom. The van der Waals surface area contributed by atoms with Gasteiger partial charge in [-0.15, -0.1) is 11.6 Å². The van der Waals surface area contributed by atoms with Crippen LogP contribution < -0.4 is 5.32 Å². The summed E-state index contributed by atoms with van der Waals surface area (Å²) in [6.45, 7) is 2.04. The van der Waals surface area contributed by atoms with Gasteiger partial charge in [-0.3, -0.25) is 0 Å². The lowest BCUT2D eigenvalue weighted by Gasteiger charge is -2.03. The molecular formula is C11H15BrClN. The van der Waals surface area contributed by atoms with Crippen molar-refractivity contribution in [1.29, 1.82) is 0 Å². The van der Waals surface area contributed by atoms with Crippen LogP contribution in [0.1, 0.15) is 12.0 Å². The van der Waals surface area contributed by atoms with Crippen LogP contribution in [0.4, 0.5) is 0 Å². The van der Waals surface area contributed by atoms with Crippen molar-refractivity contribution in [3.63, 3.8) is 0 Å². The molecule has 0 aliphatic heterocycles. The van der Waals surface area contributed by atoms with E-state index in [2.05, 4.69) is 45.5 Å². The molecule has 1 aromatic rings. The second-order valence-electron chi connectivity index (χ2n) is 3.17. The maximum absolute atomic E-state index is 5.57. The van der Waals surface area contributed by atoms with E-state index in [-0.39, 0.29) is 0 Å². The molecule has 3 heteroatoms. The van der Waals surface area contributed by atoms with Gasteiger partial charge in [0.05, 0.1) is 0 Å². The van der Waals surface area contributed by atoms with Crippen molar-refractivity contribution < 1.29 is 0 Å². The van der Waals surface area contributed by atoms with Crippen molar-refractivity contribution >= 4 is 27.5 Å². The summed E-state index contributed by atoms with van der Waals surface area (Å²) in [5.74, 6) is 0.741. The van der Waals surface area contributed by atoms with Crippen molar-refractivity contribution in [2.24, 2.45) is 0 Å². The molecule has 1 nitrogen and oxygen atoms in total. The van der Waals surface area contributed by atoms with Gasteiger partial charge in [0.25, 0.3) is 0 Å². The van der Waals surface area contributed by atoms with Crippen LogP contribution in [0.3, 0.4) is 0 Å². The molecule has 78 valence electrons. The summed E-state index contributed by atoms with van der Waals surface area (Å²) in [5.41, 5.74) is 1.37. The first kappa shape index (κ1) is 12.0. The largest absolute Gasteiger partial charge is 0.316 e. The van der Waals surface area contributed by atoms with Gasteiger partial charge in [-0.1, -0.05) is 28.1 Å². The summed E-state index contributed by atoms with van der Waals surface area (Å²) in [5, 5.41) is 3.35. The molecule has 0 amide bonds. The first-order valence-electron chi connectivity index (χ1n) is 4.84. The third kappa shape index (κ3) is 4.99. The van der Waals surface area contributed by atoms with Crippen LogP contribution in [0.15, 0.2) is 28.7 Å². The van der Waals surface area contributed by atoms with Crippen LogP contribution in [-0.2, 0) is 6.42 Å². The number of nitrogens with one attached hydrogen (secondary N) is 1. The summed E-state index contributed by atoms with van der Waals surface area (Å²) in [6, 6.07) is 8.45. The normalized spacial score (nSPS) is 10.4. The Bertz CT molecular complexity index is 248. The fourth-order valence-electron chi connectivity index (χ4n) is 1.20. The van der Waals surface area contributed by atoms with Crippen LogP contribution in [-0.4, -0.2) is 19.0 Å². The lowest BCUT2D eigenvalue weighted by molar-refractivity contribution is 0.673. The van der Waals surface area contributed by atoms with Gasteiger partial charge < -0.3 is 5.32 Å². The van der Waals surface area contributed by atoms with Crippen molar-refractivity contribution in [3.8, 4) is 0 Å². The van der Waals surface area contributed by atoms with Gasteiger partial charge in [-0.2, -0.15) is 0 Å². The summed E-state index contributed by atoms with van der Waals surface area (Å²) >= 11 is 8.99. The molecule has 0 atom stereocenters. The molecule has 0 aliphatic carbocycles. The van der Waals surface area contributed by atoms with E-state index in [0.717, 1.165) is 36.3 Å². The molecule has 0 fully saturated rings. The topological polar surface area (TPSA) is 12.0 Å². The zero-order valence-corrected chi connectivity index (χ0v) is 10.4. The van der Waals surface area contributed by atoms with Crippen LogP contribution in [0.2, 0.25) is 0 Å². The van der Waals surface area contributed by atoms with E-state index in [1.54, 1.807) is 0 Å². The van der Waals surface area contributed by atoms with Crippen LogP contribution in [0.25, 0.3) is 0 Å². The molecule has 1 aromatic carbocycles. The van der Waals surface area contributed by atoms with Gasteiger partial charge in [-0.25, -0.2) is 0 Å². The Balaban J connectivity index is 2.15. The maximum atomic E-state index is 5.57. The number of alkyl halides is 1. The molecule has 14 heavy (non-hydrogen) atoms. The predicted molar refractivity (Wildman–Crippen MR) is 66.1 cm³/mol. The smallest absolute Gasteiger partial charge is 0.0235 e. The van der Waals surface area contributed by atoms with E-state index in [9.17, 15) is 0 Å². The number of hydrogen-bond donors (Lipinski definition) is 1. The Hall–Kier alpha value is -0.0500. The van der Waals surface area contributed by atoms with Gasteiger partial charge in [-0.05, 0) is 43.6 Å². The zero-order chi connectivity index (χ0) is 10.2. The monoisotopic (exact) mass is 275 g/mol. The molecule has 0 spiro atoms. The Morgan fingerprint density at radius 2 is 1.86 bits per heavy atom. The molecule has 1 N–H and O–H groups in total. The first-order valence-corrected chi connectivity index (χ1v) is 6.17. The van der Waals surface area contributed by atoms with Gasteiger partial charge >= 0.3 is 0 Å².